The minimum atomic E-state index is -0.607. The Morgan fingerprint density at radius 2 is 2.00 bits per heavy atom. The summed E-state index contributed by atoms with van der Waals surface area (Å²) in [4.78, 5) is 13.8. The summed E-state index contributed by atoms with van der Waals surface area (Å²) >= 11 is 1.12. The molecule has 1 fully saturated rings. The number of likely N-dealkylation sites (tertiary alicyclic amines) is 1. The minimum absolute atomic E-state index is 0.0243. The third-order valence-corrected chi connectivity index (χ3v) is 3.74. The van der Waals surface area contributed by atoms with Crippen LogP contribution in [0.1, 0.15) is 12.8 Å². The monoisotopic (exact) mass is 257 g/mol. The van der Waals surface area contributed by atoms with E-state index in [9.17, 15) is 13.6 Å². The van der Waals surface area contributed by atoms with Gasteiger partial charge in [0.1, 0.15) is 11.6 Å². The SMILES string of the molecule is O=C(CSc1ccc(F)cc1F)N1CCCC1. The molecular formula is C12H13F2NOS. The van der Waals surface area contributed by atoms with Crippen molar-refractivity contribution in [3.05, 3.63) is 29.8 Å². The van der Waals surface area contributed by atoms with Crippen LogP contribution in [0.15, 0.2) is 23.1 Å². The fourth-order valence-corrected chi connectivity index (χ4v) is 2.61. The molecule has 0 unspecified atom stereocenters. The Hall–Kier alpha value is -1.10. The molecule has 2 rings (SSSR count). The van der Waals surface area contributed by atoms with Crippen molar-refractivity contribution in [1.82, 2.24) is 4.90 Å². The Labute approximate surface area is 103 Å². The summed E-state index contributed by atoms with van der Waals surface area (Å²) in [5, 5.41) is 0. The van der Waals surface area contributed by atoms with E-state index >= 15 is 0 Å². The van der Waals surface area contributed by atoms with Crippen LogP contribution in [0.5, 0.6) is 0 Å². The van der Waals surface area contributed by atoms with Gasteiger partial charge in [-0.1, -0.05) is 0 Å². The Morgan fingerprint density at radius 1 is 1.29 bits per heavy atom. The quantitative estimate of drug-likeness (QED) is 0.776. The van der Waals surface area contributed by atoms with Crippen LogP contribution in [0.3, 0.4) is 0 Å². The number of amides is 1. The van der Waals surface area contributed by atoms with E-state index in [0.717, 1.165) is 43.8 Å². The summed E-state index contributed by atoms with van der Waals surface area (Å²) in [6, 6.07) is 3.40. The van der Waals surface area contributed by atoms with Crippen LogP contribution in [-0.2, 0) is 4.79 Å². The van der Waals surface area contributed by atoms with Crippen molar-refractivity contribution >= 4 is 17.7 Å². The molecule has 92 valence electrons. The zero-order valence-electron chi connectivity index (χ0n) is 9.29. The molecule has 0 spiro atoms. The summed E-state index contributed by atoms with van der Waals surface area (Å²) < 4.78 is 26.0. The average molecular weight is 257 g/mol. The highest BCUT2D eigenvalue weighted by molar-refractivity contribution is 8.00. The lowest BCUT2D eigenvalue weighted by Gasteiger charge is -2.14. The molecule has 2 nitrogen and oxygen atoms in total. The number of rotatable bonds is 3. The largest absolute Gasteiger partial charge is 0.342 e. The molecule has 1 heterocycles. The average Bonchev–Trinajstić information content (AvgIpc) is 2.81. The first-order valence-electron chi connectivity index (χ1n) is 5.52. The standard InChI is InChI=1S/C12H13F2NOS/c13-9-3-4-11(10(14)7-9)17-8-12(16)15-5-1-2-6-15/h3-4,7H,1-2,5-6,8H2. The van der Waals surface area contributed by atoms with E-state index in [0.29, 0.717) is 4.90 Å². The van der Waals surface area contributed by atoms with Crippen molar-refractivity contribution in [2.45, 2.75) is 17.7 Å². The lowest BCUT2D eigenvalue weighted by molar-refractivity contribution is -0.127. The van der Waals surface area contributed by atoms with Gasteiger partial charge in [0.2, 0.25) is 5.91 Å². The van der Waals surface area contributed by atoms with E-state index in [-0.39, 0.29) is 11.7 Å². The Balaban J connectivity index is 1.90. The van der Waals surface area contributed by atoms with E-state index in [1.165, 1.54) is 12.1 Å². The van der Waals surface area contributed by atoms with E-state index < -0.39 is 11.6 Å². The molecule has 0 aliphatic carbocycles. The van der Waals surface area contributed by atoms with E-state index in [1.54, 1.807) is 4.90 Å². The van der Waals surface area contributed by atoms with Gasteiger partial charge >= 0.3 is 0 Å². The molecule has 1 aliphatic rings. The summed E-state index contributed by atoms with van der Waals surface area (Å²) in [6.45, 7) is 1.59. The number of benzene rings is 1. The zero-order chi connectivity index (χ0) is 12.3. The summed E-state index contributed by atoms with van der Waals surface area (Å²) in [5.41, 5.74) is 0. The number of carbonyl (C=O) groups excluding carboxylic acids is 1. The maximum Gasteiger partial charge on any atom is 0.232 e. The highest BCUT2D eigenvalue weighted by Gasteiger charge is 2.18. The lowest BCUT2D eigenvalue weighted by Crippen LogP contribution is -2.29. The Kier molecular flexibility index (Phi) is 3.99. The van der Waals surface area contributed by atoms with Crippen molar-refractivity contribution in [2.75, 3.05) is 18.8 Å². The van der Waals surface area contributed by atoms with Crippen molar-refractivity contribution in [3.63, 3.8) is 0 Å². The van der Waals surface area contributed by atoms with Crippen LogP contribution in [0.2, 0.25) is 0 Å². The third kappa shape index (κ3) is 3.19. The van der Waals surface area contributed by atoms with Gasteiger partial charge in [-0.25, -0.2) is 8.78 Å². The molecule has 1 saturated heterocycles. The number of hydrogen-bond donors (Lipinski definition) is 0. The molecular weight excluding hydrogens is 244 g/mol. The van der Waals surface area contributed by atoms with Crippen LogP contribution in [0.25, 0.3) is 0 Å². The predicted molar refractivity (Wildman–Crippen MR) is 62.9 cm³/mol. The van der Waals surface area contributed by atoms with Crippen LogP contribution in [0.4, 0.5) is 8.78 Å². The molecule has 5 heteroatoms. The molecule has 0 atom stereocenters. The Bertz CT molecular complexity index is 419. The topological polar surface area (TPSA) is 20.3 Å². The number of nitrogens with zero attached hydrogens (tertiary/aromatic N) is 1. The molecule has 17 heavy (non-hydrogen) atoms. The van der Waals surface area contributed by atoms with Gasteiger partial charge in [0.05, 0.1) is 5.75 Å². The van der Waals surface area contributed by atoms with Gasteiger partial charge in [-0.15, -0.1) is 11.8 Å². The maximum absolute atomic E-state index is 13.3. The number of thioether (sulfide) groups is 1. The van der Waals surface area contributed by atoms with Gasteiger partial charge in [0.15, 0.2) is 0 Å². The highest BCUT2D eigenvalue weighted by atomic mass is 32.2. The lowest BCUT2D eigenvalue weighted by atomic mass is 10.3. The molecule has 1 aliphatic heterocycles. The fourth-order valence-electron chi connectivity index (χ4n) is 1.79. The molecule has 1 aromatic carbocycles. The van der Waals surface area contributed by atoms with Gasteiger partial charge in [-0.05, 0) is 25.0 Å². The second kappa shape index (κ2) is 5.49. The highest BCUT2D eigenvalue weighted by Crippen LogP contribution is 2.23. The molecule has 0 N–H and O–H groups in total. The minimum Gasteiger partial charge on any atom is -0.342 e. The first-order chi connectivity index (χ1) is 8.16. The molecule has 1 amide bonds. The summed E-state index contributed by atoms with van der Waals surface area (Å²) in [5.74, 6) is -0.971. The fraction of sp³-hybridized carbons (Fsp3) is 0.417. The van der Waals surface area contributed by atoms with Crippen molar-refractivity contribution < 1.29 is 13.6 Å². The van der Waals surface area contributed by atoms with Gasteiger partial charge in [-0.2, -0.15) is 0 Å². The molecule has 0 bridgehead atoms. The van der Waals surface area contributed by atoms with Gasteiger partial charge in [0, 0.05) is 24.1 Å². The molecule has 0 saturated carbocycles. The van der Waals surface area contributed by atoms with Crippen molar-refractivity contribution in [3.8, 4) is 0 Å². The molecule has 0 radical (unpaired) electrons. The summed E-state index contributed by atoms with van der Waals surface area (Å²) in [6.07, 6.45) is 2.09. The normalized spacial score (nSPS) is 15.3. The predicted octanol–water partition coefficient (Wildman–Crippen LogP) is 2.68. The smallest absolute Gasteiger partial charge is 0.232 e. The van der Waals surface area contributed by atoms with Gasteiger partial charge < -0.3 is 4.90 Å². The number of halogens is 2. The third-order valence-electron chi connectivity index (χ3n) is 2.70. The first kappa shape index (κ1) is 12.4. The first-order valence-corrected chi connectivity index (χ1v) is 6.51. The second-order valence-electron chi connectivity index (χ2n) is 3.95. The van der Waals surface area contributed by atoms with Crippen LogP contribution in [0, 0.1) is 11.6 Å². The van der Waals surface area contributed by atoms with Crippen LogP contribution >= 0.6 is 11.8 Å². The van der Waals surface area contributed by atoms with Gasteiger partial charge in [-0.3, -0.25) is 4.79 Å². The van der Waals surface area contributed by atoms with Crippen LogP contribution < -0.4 is 0 Å². The Morgan fingerprint density at radius 3 is 2.65 bits per heavy atom. The van der Waals surface area contributed by atoms with E-state index in [2.05, 4.69) is 0 Å². The zero-order valence-corrected chi connectivity index (χ0v) is 10.1. The van der Waals surface area contributed by atoms with Gasteiger partial charge in [0.25, 0.3) is 0 Å². The number of hydrogen-bond acceptors (Lipinski definition) is 2. The summed E-state index contributed by atoms with van der Waals surface area (Å²) in [7, 11) is 0. The van der Waals surface area contributed by atoms with Crippen molar-refractivity contribution in [1.29, 1.82) is 0 Å². The molecule has 0 aromatic heterocycles. The van der Waals surface area contributed by atoms with Crippen LogP contribution in [-0.4, -0.2) is 29.6 Å². The van der Waals surface area contributed by atoms with E-state index in [4.69, 9.17) is 0 Å². The van der Waals surface area contributed by atoms with Crippen molar-refractivity contribution in [2.24, 2.45) is 0 Å². The second-order valence-corrected chi connectivity index (χ2v) is 4.97. The molecule has 1 aromatic rings. The maximum atomic E-state index is 13.3. The number of carbonyl (C=O) groups is 1. The van der Waals surface area contributed by atoms with E-state index in [1.807, 2.05) is 0 Å².